The zero-order valence-corrected chi connectivity index (χ0v) is 6.48. The fraction of sp³-hybridized carbons (Fsp3) is 0. The summed E-state index contributed by atoms with van der Waals surface area (Å²) >= 11 is 0. The van der Waals surface area contributed by atoms with Crippen molar-refractivity contribution in [1.29, 1.82) is 0 Å². The van der Waals surface area contributed by atoms with E-state index in [1.807, 2.05) is 0 Å². The molecule has 0 unspecified atom stereocenters. The standard InChI is InChI=1S/C8H5F2N3/c9-6-3-7(10)8(12-4-6)13-2-1-11-5-13/h1-5H. The van der Waals surface area contributed by atoms with Crippen molar-refractivity contribution in [2.24, 2.45) is 0 Å². The molecule has 2 rings (SSSR count). The number of aromatic nitrogens is 3. The molecule has 0 bridgehead atoms. The van der Waals surface area contributed by atoms with Gasteiger partial charge in [-0.25, -0.2) is 18.7 Å². The molecule has 0 aliphatic rings. The fourth-order valence-corrected chi connectivity index (χ4v) is 0.982. The molecule has 0 saturated heterocycles. The maximum atomic E-state index is 13.1. The third kappa shape index (κ3) is 1.40. The molecule has 3 nitrogen and oxygen atoms in total. The summed E-state index contributed by atoms with van der Waals surface area (Å²) in [7, 11) is 0. The smallest absolute Gasteiger partial charge is 0.174 e. The molecule has 0 aliphatic heterocycles. The van der Waals surface area contributed by atoms with Crippen molar-refractivity contribution in [1.82, 2.24) is 14.5 Å². The normalized spacial score (nSPS) is 10.3. The van der Waals surface area contributed by atoms with Crippen molar-refractivity contribution in [3.05, 3.63) is 42.6 Å². The topological polar surface area (TPSA) is 30.7 Å². The average molecular weight is 181 g/mol. The Labute approximate surface area is 72.7 Å². The lowest BCUT2D eigenvalue weighted by atomic mass is 10.4. The van der Waals surface area contributed by atoms with E-state index in [2.05, 4.69) is 9.97 Å². The molecule has 5 heteroatoms. The summed E-state index contributed by atoms with van der Waals surface area (Å²) in [6.07, 6.45) is 5.37. The molecule has 2 heterocycles. The molecule has 66 valence electrons. The third-order valence-electron chi connectivity index (χ3n) is 1.54. The Bertz CT molecular complexity index is 411. The Hall–Kier alpha value is -1.78. The summed E-state index contributed by atoms with van der Waals surface area (Å²) < 4.78 is 26.9. The van der Waals surface area contributed by atoms with Gasteiger partial charge in [-0.05, 0) is 0 Å². The quantitative estimate of drug-likeness (QED) is 0.668. The molecule has 0 radical (unpaired) electrons. The van der Waals surface area contributed by atoms with E-state index in [9.17, 15) is 8.78 Å². The fourth-order valence-electron chi connectivity index (χ4n) is 0.982. The van der Waals surface area contributed by atoms with Crippen molar-refractivity contribution in [2.45, 2.75) is 0 Å². The van der Waals surface area contributed by atoms with Crippen molar-refractivity contribution in [2.75, 3.05) is 0 Å². The van der Waals surface area contributed by atoms with E-state index >= 15 is 0 Å². The van der Waals surface area contributed by atoms with Gasteiger partial charge in [0.2, 0.25) is 0 Å². The van der Waals surface area contributed by atoms with E-state index in [1.54, 1.807) is 0 Å². The highest BCUT2D eigenvalue weighted by atomic mass is 19.1. The van der Waals surface area contributed by atoms with Crippen LogP contribution in [0.4, 0.5) is 8.78 Å². The van der Waals surface area contributed by atoms with Gasteiger partial charge in [-0.15, -0.1) is 0 Å². The minimum Gasteiger partial charge on any atom is -0.288 e. The zero-order valence-electron chi connectivity index (χ0n) is 6.48. The Balaban J connectivity index is 2.53. The summed E-state index contributed by atoms with van der Waals surface area (Å²) in [5.41, 5.74) is 0. The zero-order chi connectivity index (χ0) is 9.26. The van der Waals surface area contributed by atoms with Crippen LogP contribution in [0.5, 0.6) is 0 Å². The second kappa shape index (κ2) is 2.93. The second-order valence-electron chi connectivity index (χ2n) is 2.43. The van der Waals surface area contributed by atoms with Crippen LogP contribution < -0.4 is 0 Å². The van der Waals surface area contributed by atoms with Gasteiger partial charge >= 0.3 is 0 Å². The minimum absolute atomic E-state index is 0.0406. The van der Waals surface area contributed by atoms with Crippen LogP contribution in [0.1, 0.15) is 0 Å². The molecule has 0 fully saturated rings. The number of hydrogen-bond donors (Lipinski definition) is 0. The highest BCUT2D eigenvalue weighted by Gasteiger charge is 2.05. The summed E-state index contributed by atoms with van der Waals surface area (Å²) in [6, 6.07) is 0.780. The first-order chi connectivity index (χ1) is 6.27. The second-order valence-corrected chi connectivity index (χ2v) is 2.43. The average Bonchev–Trinajstić information content (AvgIpc) is 2.56. The van der Waals surface area contributed by atoms with Gasteiger partial charge in [0.25, 0.3) is 0 Å². The lowest BCUT2D eigenvalue weighted by Gasteiger charge is -2.01. The van der Waals surface area contributed by atoms with Gasteiger partial charge in [0.05, 0.1) is 6.20 Å². The largest absolute Gasteiger partial charge is 0.288 e. The lowest BCUT2D eigenvalue weighted by Crippen LogP contribution is -1.98. The molecule has 2 aromatic heterocycles. The van der Waals surface area contributed by atoms with Crippen LogP contribution in [0.25, 0.3) is 5.82 Å². The van der Waals surface area contributed by atoms with Gasteiger partial charge in [0.1, 0.15) is 12.1 Å². The highest BCUT2D eigenvalue weighted by molar-refractivity contribution is 5.24. The molecule has 0 aliphatic carbocycles. The first kappa shape index (κ1) is 7.85. The van der Waals surface area contributed by atoms with Crippen LogP contribution in [-0.4, -0.2) is 14.5 Å². The van der Waals surface area contributed by atoms with Gasteiger partial charge in [-0.2, -0.15) is 0 Å². The molecule has 0 aromatic carbocycles. The van der Waals surface area contributed by atoms with Gasteiger partial charge in [0, 0.05) is 18.5 Å². The van der Waals surface area contributed by atoms with E-state index in [-0.39, 0.29) is 5.82 Å². The van der Waals surface area contributed by atoms with E-state index in [4.69, 9.17) is 0 Å². The molecule has 2 aromatic rings. The van der Waals surface area contributed by atoms with Crippen LogP contribution in [0.15, 0.2) is 31.0 Å². The number of pyridine rings is 1. The molecule has 0 atom stereocenters. The monoisotopic (exact) mass is 181 g/mol. The van der Waals surface area contributed by atoms with E-state index < -0.39 is 11.6 Å². The summed E-state index contributed by atoms with van der Waals surface area (Å²) in [5, 5.41) is 0. The van der Waals surface area contributed by atoms with Crippen LogP contribution in [-0.2, 0) is 0 Å². The van der Waals surface area contributed by atoms with Crippen LogP contribution >= 0.6 is 0 Å². The summed E-state index contributed by atoms with van der Waals surface area (Å²) in [6.45, 7) is 0. The highest BCUT2D eigenvalue weighted by Crippen LogP contribution is 2.09. The Morgan fingerprint density at radius 3 is 2.77 bits per heavy atom. The summed E-state index contributed by atoms with van der Waals surface area (Å²) in [4.78, 5) is 7.32. The predicted molar refractivity (Wildman–Crippen MR) is 41.3 cm³/mol. The van der Waals surface area contributed by atoms with Crippen molar-refractivity contribution < 1.29 is 8.78 Å². The molecule has 0 N–H and O–H groups in total. The van der Waals surface area contributed by atoms with Crippen molar-refractivity contribution in [3.63, 3.8) is 0 Å². The first-order valence-corrected chi connectivity index (χ1v) is 3.57. The van der Waals surface area contributed by atoms with Gasteiger partial charge in [-0.1, -0.05) is 0 Å². The Morgan fingerprint density at radius 1 is 1.31 bits per heavy atom. The van der Waals surface area contributed by atoms with Gasteiger partial charge < -0.3 is 0 Å². The number of halogens is 2. The molecule has 0 spiro atoms. The van der Waals surface area contributed by atoms with Crippen LogP contribution in [0.2, 0.25) is 0 Å². The van der Waals surface area contributed by atoms with Crippen LogP contribution in [0.3, 0.4) is 0 Å². The Morgan fingerprint density at radius 2 is 2.15 bits per heavy atom. The number of nitrogens with zero attached hydrogens (tertiary/aromatic N) is 3. The maximum absolute atomic E-state index is 13.1. The van der Waals surface area contributed by atoms with Gasteiger partial charge in [-0.3, -0.25) is 4.57 Å². The first-order valence-electron chi connectivity index (χ1n) is 3.57. The van der Waals surface area contributed by atoms with Crippen LogP contribution in [0, 0.1) is 11.6 Å². The maximum Gasteiger partial charge on any atom is 0.174 e. The SMILES string of the molecule is Fc1cnc(-n2ccnc2)c(F)c1. The minimum atomic E-state index is -0.710. The van der Waals surface area contributed by atoms with E-state index in [0.29, 0.717) is 0 Å². The number of rotatable bonds is 1. The molecule has 13 heavy (non-hydrogen) atoms. The third-order valence-corrected chi connectivity index (χ3v) is 1.54. The Kier molecular flexibility index (Phi) is 1.77. The molecular weight excluding hydrogens is 176 g/mol. The number of hydrogen-bond acceptors (Lipinski definition) is 2. The molecular formula is C8H5F2N3. The molecule has 0 saturated carbocycles. The van der Waals surface area contributed by atoms with Crippen molar-refractivity contribution in [3.8, 4) is 5.82 Å². The van der Waals surface area contributed by atoms with Crippen molar-refractivity contribution >= 4 is 0 Å². The lowest BCUT2D eigenvalue weighted by molar-refractivity contribution is 0.565. The van der Waals surface area contributed by atoms with Gasteiger partial charge in [0.15, 0.2) is 11.6 Å². The molecule has 0 amide bonds. The van der Waals surface area contributed by atoms with E-state index in [1.165, 1.54) is 23.3 Å². The van der Waals surface area contributed by atoms with E-state index in [0.717, 1.165) is 12.3 Å². The number of imidazole rings is 1. The predicted octanol–water partition coefficient (Wildman–Crippen LogP) is 1.55. The summed E-state index contributed by atoms with van der Waals surface area (Å²) in [5.74, 6) is -1.36.